The molecule has 1 aromatic carbocycles. The van der Waals surface area contributed by atoms with E-state index in [4.69, 9.17) is 9.94 Å². The second-order valence-corrected chi connectivity index (χ2v) is 3.95. The van der Waals surface area contributed by atoms with Gasteiger partial charge in [-0.05, 0) is 25.1 Å². The van der Waals surface area contributed by atoms with Crippen LogP contribution in [0.25, 0.3) is 0 Å². The summed E-state index contributed by atoms with van der Waals surface area (Å²) in [5.41, 5.74) is 1.43. The second kappa shape index (κ2) is 5.14. The summed E-state index contributed by atoms with van der Waals surface area (Å²) in [5.74, 6) is -0.371. The number of rotatable bonds is 2. The van der Waals surface area contributed by atoms with Crippen molar-refractivity contribution in [3.05, 3.63) is 29.6 Å². The summed E-state index contributed by atoms with van der Waals surface area (Å²) >= 11 is 0. The Balaban J connectivity index is 2.23. The molecule has 0 atom stereocenters. The molecule has 1 fully saturated rings. The topological polar surface area (TPSA) is 45.1 Å². The highest BCUT2D eigenvalue weighted by Gasteiger charge is 2.14. The average Bonchev–Trinajstić information content (AvgIpc) is 2.39. The number of hydrogen-bond donors (Lipinski definition) is 1. The van der Waals surface area contributed by atoms with E-state index in [1.54, 1.807) is 13.0 Å². The van der Waals surface area contributed by atoms with E-state index in [9.17, 15) is 4.39 Å². The van der Waals surface area contributed by atoms with E-state index < -0.39 is 0 Å². The summed E-state index contributed by atoms with van der Waals surface area (Å²) < 4.78 is 19.0. The first kappa shape index (κ1) is 11.9. The average molecular weight is 238 g/mol. The largest absolute Gasteiger partial charge is 0.411 e. The highest BCUT2D eigenvalue weighted by molar-refractivity contribution is 5.98. The Bertz CT molecular complexity index is 429. The van der Waals surface area contributed by atoms with Crippen molar-refractivity contribution in [1.82, 2.24) is 0 Å². The summed E-state index contributed by atoms with van der Waals surface area (Å²) in [4.78, 5) is 2.07. The molecule has 1 N–H and O–H groups in total. The zero-order valence-electron chi connectivity index (χ0n) is 9.69. The van der Waals surface area contributed by atoms with E-state index in [-0.39, 0.29) is 11.5 Å². The summed E-state index contributed by atoms with van der Waals surface area (Å²) in [6.45, 7) is 4.44. The van der Waals surface area contributed by atoms with Gasteiger partial charge < -0.3 is 14.8 Å². The molecule has 92 valence electrons. The molecule has 0 aromatic heterocycles. The lowest BCUT2D eigenvalue weighted by Gasteiger charge is -2.29. The maximum atomic E-state index is 13.8. The molecule has 1 aliphatic heterocycles. The van der Waals surface area contributed by atoms with Crippen molar-refractivity contribution < 1.29 is 14.3 Å². The summed E-state index contributed by atoms with van der Waals surface area (Å²) in [7, 11) is 0. The van der Waals surface area contributed by atoms with Crippen molar-refractivity contribution in [1.29, 1.82) is 0 Å². The number of halogens is 1. The third kappa shape index (κ3) is 2.55. The third-order valence-electron chi connectivity index (χ3n) is 2.87. The molecule has 2 rings (SSSR count). The highest BCUT2D eigenvalue weighted by atomic mass is 19.1. The van der Waals surface area contributed by atoms with Crippen molar-refractivity contribution in [2.24, 2.45) is 5.16 Å². The molecule has 17 heavy (non-hydrogen) atoms. The fourth-order valence-electron chi connectivity index (χ4n) is 1.87. The van der Waals surface area contributed by atoms with Gasteiger partial charge in [-0.25, -0.2) is 4.39 Å². The second-order valence-electron chi connectivity index (χ2n) is 3.95. The Morgan fingerprint density at radius 1 is 1.41 bits per heavy atom. The molecule has 1 heterocycles. The highest BCUT2D eigenvalue weighted by Crippen LogP contribution is 2.20. The molecule has 0 bridgehead atoms. The van der Waals surface area contributed by atoms with Crippen LogP contribution in [0.3, 0.4) is 0 Å². The smallest absolute Gasteiger partial charge is 0.134 e. The van der Waals surface area contributed by atoms with Gasteiger partial charge in [0.2, 0.25) is 0 Å². The van der Waals surface area contributed by atoms with Crippen LogP contribution in [-0.2, 0) is 4.74 Å². The summed E-state index contributed by atoms with van der Waals surface area (Å²) in [6, 6.07) is 4.93. The minimum Gasteiger partial charge on any atom is -0.411 e. The van der Waals surface area contributed by atoms with Crippen molar-refractivity contribution in [3.63, 3.8) is 0 Å². The van der Waals surface area contributed by atoms with Gasteiger partial charge in [-0.1, -0.05) is 5.16 Å². The van der Waals surface area contributed by atoms with Gasteiger partial charge in [0.1, 0.15) is 5.82 Å². The zero-order valence-corrected chi connectivity index (χ0v) is 9.69. The first-order valence-corrected chi connectivity index (χ1v) is 5.53. The fourth-order valence-corrected chi connectivity index (χ4v) is 1.87. The third-order valence-corrected chi connectivity index (χ3v) is 2.87. The van der Waals surface area contributed by atoms with Crippen molar-refractivity contribution in [2.75, 3.05) is 31.2 Å². The SMILES string of the molecule is C/C(=N\O)c1ccc(N2CCOCC2)cc1F. The Labute approximate surface area is 99.3 Å². The van der Waals surface area contributed by atoms with E-state index in [2.05, 4.69) is 10.1 Å². The molecule has 0 amide bonds. The zero-order chi connectivity index (χ0) is 12.3. The molecule has 1 aromatic rings. The maximum absolute atomic E-state index is 13.8. The number of morpholine rings is 1. The summed E-state index contributed by atoms with van der Waals surface area (Å²) in [5, 5.41) is 11.6. The molecule has 5 heteroatoms. The molecular formula is C12H15FN2O2. The first-order chi connectivity index (χ1) is 8.22. The van der Waals surface area contributed by atoms with Crippen LogP contribution in [0.5, 0.6) is 0 Å². The van der Waals surface area contributed by atoms with Gasteiger partial charge >= 0.3 is 0 Å². The quantitative estimate of drug-likeness (QED) is 0.486. The predicted octanol–water partition coefficient (Wildman–Crippen LogP) is 1.86. The summed E-state index contributed by atoms with van der Waals surface area (Å²) in [6.07, 6.45) is 0. The monoisotopic (exact) mass is 238 g/mol. The Morgan fingerprint density at radius 3 is 2.71 bits per heavy atom. The lowest BCUT2D eigenvalue weighted by molar-refractivity contribution is 0.122. The first-order valence-electron chi connectivity index (χ1n) is 5.53. The normalized spacial score (nSPS) is 17.3. The fraction of sp³-hybridized carbons (Fsp3) is 0.417. The van der Waals surface area contributed by atoms with E-state index >= 15 is 0 Å². The predicted molar refractivity (Wildman–Crippen MR) is 63.4 cm³/mol. The van der Waals surface area contributed by atoms with Crippen molar-refractivity contribution >= 4 is 11.4 Å². The van der Waals surface area contributed by atoms with Crippen LogP contribution in [0.1, 0.15) is 12.5 Å². The van der Waals surface area contributed by atoms with Gasteiger partial charge in [0.15, 0.2) is 0 Å². The molecule has 0 radical (unpaired) electrons. The Hall–Kier alpha value is -1.62. The molecular weight excluding hydrogens is 223 g/mol. The van der Waals surface area contributed by atoms with Crippen LogP contribution in [0.2, 0.25) is 0 Å². The number of hydrogen-bond acceptors (Lipinski definition) is 4. The molecule has 1 saturated heterocycles. The van der Waals surface area contributed by atoms with E-state index in [0.717, 1.165) is 18.8 Å². The standard InChI is InChI=1S/C12H15FN2O2/c1-9(14-16)11-3-2-10(8-12(11)13)15-4-6-17-7-5-15/h2-3,8,16H,4-7H2,1H3/b14-9+. The molecule has 0 aliphatic carbocycles. The van der Waals surface area contributed by atoms with Crippen LogP contribution in [-0.4, -0.2) is 37.2 Å². The number of oxime groups is 1. The van der Waals surface area contributed by atoms with E-state index in [1.165, 1.54) is 6.07 Å². The molecule has 0 unspecified atom stereocenters. The van der Waals surface area contributed by atoms with Crippen LogP contribution >= 0.6 is 0 Å². The number of ether oxygens (including phenoxy) is 1. The maximum Gasteiger partial charge on any atom is 0.134 e. The van der Waals surface area contributed by atoms with Gasteiger partial charge in [-0.15, -0.1) is 0 Å². The molecule has 4 nitrogen and oxygen atoms in total. The lowest BCUT2D eigenvalue weighted by atomic mass is 10.1. The van der Waals surface area contributed by atoms with Crippen LogP contribution in [0.15, 0.2) is 23.4 Å². The van der Waals surface area contributed by atoms with Gasteiger partial charge in [0.25, 0.3) is 0 Å². The van der Waals surface area contributed by atoms with Gasteiger partial charge in [0, 0.05) is 24.3 Å². The van der Waals surface area contributed by atoms with Crippen LogP contribution in [0.4, 0.5) is 10.1 Å². The minimum atomic E-state index is -0.371. The number of nitrogens with zero attached hydrogens (tertiary/aromatic N) is 2. The molecule has 1 aliphatic rings. The van der Waals surface area contributed by atoms with E-state index in [1.807, 2.05) is 6.07 Å². The Morgan fingerprint density at radius 2 is 2.12 bits per heavy atom. The van der Waals surface area contributed by atoms with Gasteiger partial charge in [0.05, 0.1) is 18.9 Å². The van der Waals surface area contributed by atoms with Crippen molar-refractivity contribution in [3.8, 4) is 0 Å². The van der Waals surface area contributed by atoms with Crippen LogP contribution in [0, 0.1) is 5.82 Å². The number of anilines is 1. The number of benzene rings is 1. The lowest BCUT2D eigenvalue weighted by Crippen LogP contribution is -2.36. The molecule has 0 saturated carbocycles. The molecule has 0 spiro atoms. The van der Waals surface area contributed by atoms with Crippen LogP contribution < -0.4 is 4.90 Å². The van der Waals surface area contributed by atoms with E-state index in [0.29, 0.717) is 18.8 Å². The van der Waals surface area contributed by atoms with Gasteiger partial charge in [-0.2, -0.15) is 0 Å². The Kier molecular flexibility index (Phi) is 3.58. The minimum absolute atomic E-state index is 0.274. The van der Waals surface area contributed by atoms with Gasteiger partial charge in [-0.3, -0.25) is 0 Å². The van der Waals surface area contributed by atoms with Crippen molar-refractivity contribution in [2.45, 2.75) is 6.92 Å².